The Bertz CT molecular complexity index is 555. The zero-order valence-corrected chi connectivity index (χ0v) is 10.4. The van der Waals surface area contributed by atoms with E-state index in [-0.39, 0.29) is 0 Å². The third kappa shape index (κ3) is 2.13. The Hall–Kier alpha value is -1.90. The number of benzene rings is 1. The lowest BCUT2D eigenvalue weighted by atomic mass is 10.0. The molecule has 0 saturated carbocycles. The van der Waals surface area contributed by atoms with E-state index in [1.54, 1.807) is 10.9 Å². The van der Waals surface area contributed by atoms with Crippen LogP contribution >= 0.6 is 0 Å². The molecule has 1 heterocycles. The van der Waals surface area contributed by atoms with Gasteiger partial charge in [0.15, 0.2) is 6.29 Å². The minimum Gasteiger partial charge on any atom is -0.298 e. The van der Waals surface area contributed by atoms with E-state index in [9.17, 15) is 4.79 Å². The number of aryl methyl sites for hydroxylation is 3. The largest absolute Gasteiger partial charge is 0.298 e. The topological polar surface area (TPSA) is 34.9 Å². The number of carbonyl (C=O) groups is 1. The van der Waals surface area contributed by atoms with Gasteiger partial charge in [0.1, 0.15) is 5.69 Å². The van der Waals surface area contributed by atoms with Gasteiger partial charge in [-0.25, -0.2) is 0 Å². The highest BCUT2D eigenvalue weighted by atomic mass is 16.1. The highest BCUT2D eigenvalue weighted by molar-refractivity contribution is 5.86. The molecule has 0 radical (unpaired) electrons. The van der Waals surface area contributed by atoms with Crippen LogP contribution in [0.1, 0.15) is 28.4 Å². The van der Waals surface area contributed by atoms with Gasteiger partial charge in [0.2, 0.25) is 0 Å². The molecule has 0 amide bonds. The number of hydrogen-bond acceptors (Lipinski definition) is 2. The van der Waals surface area contributed by atoms with E-state index in [1.165, 1.54) is 5.56 Å². The van der Waals surface area contributed by atoms with E-state index in [0.717, 1.165) is 29.7 Å². The monoisotopic (exact) mass is 228 g/mol. The molecule has 0 fully saturated rings. The molecule has 0 unspecified atom stereocenters. The van der Waals surface area contributed by atoms with E-state index in [1.807, 2.05) is 20.8 Å². The Morgan fingerprint density at radius 1 is 1.35 bits per heavy atom. The maximum absolute atomic E-state index is 11.1. The first-order chi connectivity index (χ1) is 8.15. The summed E-state index contributed by atoms with van der Waals surface area (Å²) in [4.78, 5) is 11.1. The van der Waals surface area contributed by atoms with Crippen LogP contribution in [-0.2, 0) is 6.54 Å². The fourth-order valence-corrected chi connectivity index (χ4v) is 1.89. The predicted octanol–water partition coefficient (Wildman–Crippen LogP) is 3.00. The molecular formula is C14H16N2O. The van der Waals surface area contributed by atoms with Crippen LogP contribution in [0.5, 0.6) is 0 Å². The first-order valence-corrected chi connectivity index (χ1v) is 5.76. The summed E-state index contributed by atoms with van der Waals surface area (Å²) in [5, 5.41) is 4.46. The second-order valence-electron chi connectivity index (χ2n) is 4.22. The summed E-state index contributed by atoms with van der Waals surface area (Å²) in [6.07, 6.45) is 2.67. The molecule has 3 nitrogen and oxygen atoms in total. The number of nitrogens with zero attached hydrogens (tertiary/aromatic N) is 2. The molecule has 17 heavy (non-hydrogen) atoms. The maximum Gasteiger partial charge on any atom is 0.153 e. The molecular weight excluding hydrogens is 212 g/mol. The van der Waals surface area contributed by atoms with Crippen molar-refractivity contribution < 1.29 is 4.79 Å². The van der Waals surface area contributed by atoms with Gasteiger partial charge < -0.3 is 0 Å². The van der Waals surface area contributed by atoms with Crippen LogP contribution < -0.4 is 0 Å². The van der Waals surface area contributed by atoms with E-state index in [0.29, 0.717) is 5.56 Å². The van der Waals surface area contributed by atoms with Gasteiger partial charge in [-0.2, -0.15) is 5.10 Å². The summed E-state index contributed by atoms with van der Waals surface area (Å²) in [6, 6.07) is 6.20. The normalized spacial score (nSPS) is 10.5. The molecule has 1 aromatic heterocycles. The van der Waals surface area contributed by atoms with Gasteiger partial charge in [-0.05, 0) is 32.4 Å². The highest BCUT2D eigenvalue weighted by Crippen LogP contribution is 2.25. The van der Waals surface area contributed by atoms with E-state index < -0.39 is 0 Å². The van der Waals surface area contributed by atoms with Crippen molar-refractivity contribution >= 4 is 6.29 Å². The zero-order chi connectivity index (χ0) is 12.4. The van der Waals surface area contributed by atoms with Gasteiger partial charge in [-0.15, -0.1) is 0 Å². The van der Waals surface area contributed by atoms with E-state index in [4.69, 9.17) is 0 Å². The summed E-state index contributed by atoms with van der Waals surface area (Å²) in [5.41, 5.74) is 4.79. The maximum atomic E-state index is 11.1. The molecule has 0 atom stereocenters. The van der Waals surface area contributed by atoms with Crippen LogP contribution in [0, 0.1) is 13.8 Å². The smallest absolute Gasteiger partial charge is 0.153 e. The lowest BCUT2D eigenvalue weighted by molar-refractivity contribution is 0.112. The highest BCUT2D eigenvalue weighted by Gasteiger charge is 2.12. The van der Waals surface area contributed by atoms with Gasteiger partial charge >= 0.3 is 0 Å². The van der Waals surface area contributed by atoms with Crippen molar-refractivity contribution in [2.75, 3.05) is 0 Å². The van der Waals surface area contributed by atoms with Crippen LogP contribution in [0.3, 0.4) is 0 Å². The van der Waals surface area contributed by atoms with Crippen LogP contribution in [0.25, 0.3) is 11.3 Å². The molecule has 1 aromatic carbocycles. The lowest BCUT2D eigenvalue weighted by Gasteiger charge is -2.04. The summed E-state index contributed by atoms with van der Waals surface area (Å²) in [6.45, 7) is 6.86. The van der Waals surface area contributed by atoms with Gasteiger partial charge in [-0.3, -0.25) is 9.48 Å². The summed E-state index contributed by atoms with van der Waals surface area (Å²) in [7, 11) is 0. The molecule has 88 valence electrons. The average molecular weight is 228 g/mol. The molecule has 3 heteroatoms. The molecule has 0 N–H and O–H groups in total. The number of hydrogen-bond donors (Lipinski definition) is 0. The fourth-order valence-electron chi connectivity index (χ4n) is 1.89. The minimum atomic E-state index is 0.653. The molecule has 2 rings (SSSR count). The van der Waals surface area contributed by atoms with Gasteiger partial charge in [0.05, 0.1) is 5.56 Å². The lowest BCUT2D eigenvalue weighted by Crippen LogP contribution is -1.94. The second kappa shape index (κ2) is 4.53. The number of aldehydes is 1. The zero-order valence-electron chi connectivity index (χ0n) is 10.4. The summed E-state index contributed by atoms with van der Waals surface area (Å²) >= 11 is 0. The molecule has 0 aliphatic carbocycles. The quantitative estimate of drug-likeness (QED) is 0.757. The van der Waals surface area contributed by atoms with E-state index in [2.05, 4.69) is 23.3 Å². The summed E-state index contributed by atoms with van der Waals surface area (Å²) < 4.78 is 1.79. The van der Waals surface area contributed by atoms with Crippen LogP contribution in [0.4, 0.5) is 0 Å². The number of aromatic nitrogens is 2. The standard InChI is InChI=1S/C14H16N2O/c1-4-16-8-12(9-17)14(15-16)13-7-10(2)5-6-11(13)3/h5-9H,4H2,1-3H3. The van der Waals surface area contributed by atoms with Crippen molar-refractivity contribution in [2.24, 2.45) is 0 Å². The first-order valence-electron chi connectivity index (χ1n) is 5.76. The second-order valence-corrected chi connectivity index (χ2v) is 4.22. The van der Waals surface area contributed by atoms with Gasteiger partial charge in [0.25, 0.3) is 0 Å². The van der Waals surface area contributed by atoms with Gasteiger partial charge in [0, 0.05) is 18.3 Å². The molecule has 0 saturated heterocycles. The third-order valence-electron chi connectivity index (χ3n) is 2.89. The Morgan fingerprint density at radius 3 is 2.76 bits per heavy atom. The Balaban J connectivity index is 2.62. The van der Waals surface area contributed by atoms with Crippen LogP contribution in [-0.4, -0.2) is 16.1 Å². The van der Waals surface area contributed by atoms with Crippen molar-refractivity contribution in [1.82, 2.24) is 9.78 Å². The van der Waals surface area contributed by atoms with Crippen LogP contribution in [0.15, 0.2) is 24.4 Å². The fraction of sp³-hybridized carbons (Fsp3) is 0.286. The predicted molar refractivity (Wildman–Crippen MR) is 68.2 cm³/mol. The number of carbonyl (C=O) groups excluding carboxylic acids is 1. The Morgan fingerprint density at radius 2 is 2.12 bits per heavy atom. The molecule has 0 spiro atoms. The molecule has 0 aliphatic rings. The first kappa shape index (κ1) is 11.6. The average Bonchev–Trinajstić information content (AvgIpc) is 2.75. The SMILES string of the molecule is CCn1cc(C=O)c(-c2cc(C)ccc2C)n1. The van der Waals surface area contributed by atoms with E-state index >= 15 is 0 Å². The minimum absolute atomic E-state index is 0.653. The Labute approximate surface area is 101 Å². The van der Waals surface area contributed by atoms with Crippen molar-refractivity contribution in [3.63, 3.8) is 0 Å². The molecule has 2 aromatic rings. The third-order valence-corrected chi connectivity index (χ3v) is 2.89. The number of rotatable bonds is 3. The summed E-state index contributed by atoms with van der Waals surface area (Å²) in [5.74, 6) is 0. The van der Waals surface area contributed by atoms with Gasteiger partial charge in [-0.1, -0.05) is 17.7 Å². The Kier molecular flexibility index (Phi) is 3.09. The van der Waals surface area contributed by atoms with Crippen molar-refractivity contribution in [2.45, 2.75) is 27.3 Å². The van der Waals surface area contributed by atoms with Crippen LogP contribution in [0.2, 0.25) is 0 Å². The molecule has 0 aliphatic heterocycles. The van der Waals surface area contributed by atoms with Crippen molar-refractivity contribution in [3.8, 4) is 11.3 Å². The molecule has 0 bridgehead atoms. The van der Waals surface area contributed by atoms with Crippen molar-refractivity contribution in [3.05, 3.63) is 41.1 Å². The van der Waals surface area contributed by atoms with Crippen molar-refractivity contribution in [1.29, 1.82) is 0 Å².